The highest BCUT2D eigenvalue weighted by Crippen LogP contribution is 2.28. The van der Waals surface area contributed by atoms with Crippen LogP contribution in [0.3, 0.4) is 0 Å². The second kappa shape index (κ2) is 8.41. The minimum absolute atomic E-state index is 0.108. The molecule has 6 heteroatoms. The van der Waals surface area contributed by atoms with Crippen molar-refractivity contribution < 1.29 is 9.53 Å². The van der Waals surface area contributed by atoms with Crippen LogP contribution in [0.5, 0.6) is 0 Å². The number of amides is 1. The smallest absolute Gasteiger partial charge is 0.226 e. The molecule has 2 atom stereocenters. The second-order valence-electron chi connectivity index (χ2n) is 7.33. The molecule has 2 fully saturated rings. The Labute approximate surface area is 148 Å². The van der Waals surface area contributed by atoms with Gasteiger partial charge in [-0.1, -0.05) is 25.7 Å². The number of anilines is 1. The van der Waals surface area contributed by atoms with Crippen LogP contribution in [0.25, 0.3) is 0 Å². The van der Waals surface area contributed by atoms with Crippen LogP contribution in [0.15, 0.2) is 5.38 Å². The zero-order chi connectivity index (χ0) is 16.9. The first-order chi connectivity index (χ1) is 11.6. The Hall–Kier alpha value is -0.980. The van der Waals surface area contributed by atoms with Gasteiger partial charge >= 0.3 is 0 Å². The summed E-state index contributed by atoms with van der Waals surface area (Å²) >= 11 is 1.53. The molecular weight excluding hydrogens is 322 g/mol. The molecular formula is C18H29N3O2S. The van der Waals surface area contributed by atoms with E-state index in [1.54, 1.807) is 0 Å². The van der Waals surface area contributed by atoms with E-state index in [1.165, 1.54) is 37.0 Å². The topological polar surface area (TPSA) is 54.5 Å². The summed E-state index contributed by atoms with van der Waals surface area (Å²) in [6.07, 6.45) is 7.44. The van der Waals surface area contributed by atoms with Crippen molar-refractivity contribution in [3.05, 3.63) is 11.1 Å². The number of nitrogens with one attached hydrogen (secondary N) is 1. The summed E-state index contributed by atoms with van der Waals surface area (Å²) in [5, 5.41) is 5.75. The van der Waals surface area contributed by atoms with E-state index in [4.69, 9.17) is 4.74 Å². The van der Waals surface area contributed by atoms with Crippen LogP contribution in [0.1, 0.15) is 58.1 Å². The van der Waals surface area contributed by atoms with Crippen molar-refractivity contribution in [2.45, 2.75) is 71.1 Å². The molecule has 1 saturated carbocycles. The molecule has 0 aromatic carbocycles. The molecule has 0 spiro atoms. The minimum Gasteiger partial charge on any atom is -0.373 e. The molecule has 0 radical (unpaired) electrons. The number of carbonyl (C=O) groups excluding carboxylic acids is 1. The number of hydrogen-bond donors (Lipinski definition) is 1. The van der Waals surface area contributed by atoms with Gasteiger partial charge < -0.3 is 10.1 Å². The Morgan fingerprint density at radius 3 is 2.75 bits per heavy atom. The molecule has 2 aliphatic rings. The third kappa shape index (κ3) is 5.26. The summed E-state index contributed by atoms with van der Waals surface area (Å²) in [6, 6.07) is 0. The Morgan fingerprint density at radius 1 is 1.33 bits per heavy atom. The van der Waals surface area contributed by atoms with Gasteiger partial charge in [0, 0.05) is 31.4 Å². The summed E-state index contributed by atoms with van der Waals surface area (Å²) in [5.41, 5.74) is 1.03. The lowest BCUT2D eigenvalue weighted by atomic mass is 10.0. The molecule has 1 aromatic rings. The van der Waals surface area contributed by atoms with E-state index < -0.39 is 0 Å². The highest BCUT2D eigenvalue weighted by Gasteiger charge is 2.23. The first-order valence-corrected chi connectivity index (χ1v) is 10.1. The molecule has 1 aromatic heterocycles. The first-order valence-electron chi connectivity index (χ1n) is 9.20. The Bertz CT molecular complexity index is 532. The van der Waals surface area contributed by atoms with E-state index in [9.17, 15) is 4.79 Å². The predicted molar refractivity (Wildman–Crippen MR) is 97.2 cm³/mol. The average molecular weight is 352 g/mol. The van der Waals surface area contributed by atoms with Crippen molar-refractivity contribution in [2.24, 2.45) is 5.92 Å². The van der Waals surface area contributed by atoms with E-state index in [1.807, 2.05) is 0 Å². The van der Waals surface area contributed by atoms with Gasteiger partial charge in [0.1, 0.15) is 0 Å². The maximum Gasteiger partial charge on any atom is 0.226 e. The Balaban J connectivity index is 1.43. The van der Waals surface area contributed by atoms with Gasteiger partial charge in [-0.3, -0.25) is 9.69 Å². The molecule has 3 rings (SSSR count). The van der Waals surface area contributed by atoms with Crippen molar-refractivity contribution in [3.63, 3.8) is 0 Å². The van der Waals surface area contributed by atoms with Gasteiger partial charge in [0.05, 0.1) is 17.9 Å². The molecule has 0 bridgehead atoms. The average Bonchev–Trinajstić information content (AvgIpc) is 3.16. The van der Waals surface area contributed by atoms with Gasteiger partial charge in [0.25, 0.3) is 0 Å². The van der Waals surface area contributed by atoms with Crippen molar-refractivity contribution in [3.8, 4) is 0 Å². The Morgan fingerprint density at radius 2 is 2.04 bits per heavy atom. The lowest BCUT2D eigenvalue weighted by Crippen LogP contribution is -2.44. The highest BCUT2D eigenvalue weighted by molar-refractivity contribution is 7.13. The molecule has 1 N–H and O–H groups in total. The van der Waals surface area contributed by atoms with Crippen LogP contribution in [0.2, 0.25) is 0 Å². The first kappa shape index (κ1) is 17.8. The molecule has 1 amide bonds. The van der Waals surface area contributed by atoms with Gasteiger partial charge in [-0.25, -0.2) is 4.98 Å². The van der Waals surface area contributed by atoms with E-state index in [-0.39, 0.29) is 18.1 Å². The number of morpholine rings is 1. The number of ether oxygens (including phenoxy) is 1. The lowest BCUT2D eigenvalue weighted by Gasteiger charge is -2.34. The van der Waals surface area contributed by atoms with Crippen LogP contribution in [-0.4, -0.2) is 41.1 Å². The molecule has 1 aliphatic carbocycles. The zero-order valence-electron chi connectivity index (χ0n) is 14.8. The molecule has 2 unspecified atom stereocenters. The van der Waals surface area contributed by atoms with Gasteiger partial charge in [-0.15, -0.1) is 11.3 Å². The summed E-state index contributed by atoms with van der Waals surface area (Å²) in [7, 11) is 0. The van der Waals surface area contributed by atoms with Gasteiger partial charge in [-0.05, 0) is 26.2 Å². The highest BCUT2D eigenvalue weighted by atomic mass is 32.1. The summed E-state index contributed by atoms with van der Waals surface area (Å²) < 4.78 is 5.76. The van der Waals surface area contributed by atoms with E-state index in [0.717, 1.165) is 42.8 Å². The second-order valence-corrected chi connectivity index (χ2v) is 8.19. The van der Waals surface area contributed by atoms with Crippen LogP contribution in [0.4, 0.5) is 5.13 Å². The quantitative estimate of drug-likeness (QED) is 0.850. The molecule has 5 nitrogen and oxygen atoms in total. The SMILES string of the molecule is CC1CN(Cc2csc(NC(=O)CCC3CCCC3)n2)CC(C)O1. The number of thiazole rings is 1. The van der Waals surface area contributed by atoms with E-state index in [0.29, 0.717) is 6.42 Å². The molecule has 134 valence electrons. The molecule has 1 saturated heterocycles. The summed E-state index contributed by atoms with van der Waals surface area (Å²) in [4.78, 5) is 19.0. The van der Waals surface area contributed by atoms with Crippen molar-refractivity contribution in [1.29, 1.82) is 0 Å². The van der Waals surface area contributed by atoms with Crippen LogP contribution in [-0.2, 0) is 16.1 Å². The Kier molecular flexibility index (Phi) is 6.25. The standard InChI is InChI=1S/C18H29N3O2S/c1-13-9-21(10-14(2)23-13)11-16-12-24-18(19-16)20-17(22)8-7-15-5-3-4-6-15/h12-15H,3-11H2,1-2H3,(H,19,20,22). The van der Waals surface area contributed by atoms with Crippen LogP contribution in [0, 0.1) is 5.92 Å². The van der Waals surface area contributed by atoms with E-state index >= 15 is 0 Å². The lowest BCUT2D eigenvalue weighted by molar-refractivity contribution is -0.116. The normalized spacial score (nSPS) is 25.9. The molecule has 1 aliphatic heterocycles. The van der Waals surface area contributed by atoms with Gasteiger partial charge in [0.2, 0.25) is 5.91 Å². The summed E-state index contributed by atoms with van der Waals surface area (Å²) in [6.45, 7) is 6.92. The monoisotopic (exact) mass is 351 g/mol. The van der Waals surface area contributed by atoms with Crippen molar-refractivity contribution >= 4 is 22.4 Å². The van der Waals surface area contributed by atoms with Gasteiger partial charge in [-0.2, -0.15) is 0 Å². The fourth-order valence-corrected chi connectivity index (χ4v) is 4.61. The molecule has 2 heterocycles. The maximum atomic E-state index is 12.1. The number of nitrogens with zero attached hydrogens (tertiary/aromatic N) is 2. The van der Waals surface area contributed by atoms with Crippen LogP contribution >= 0.6 is 11.3 Å². The van der Waals surface area contributed by atoms with Crippen molar-refractivity contribution in [2.75, 3.05) is 18.4 Å². The summed E-state index contributed by atoms with van der Waals surface area (Å²) in [5.74, 6) is 0.865. The van der Waals surface area contributed by atoms with Crippen LogP contribution < -0.4 is 5.32 Å². The largest absolute Gasteiger partial charge is 0.373 e. The van der Waals surface area contributed by atoms with E-state index in [2.05, 4.69) is 34.4 Å². The number of rotatable bonds is 6. The fraction of sp³-hybridized carbons (Fsp3) is 0.778. The minimum atomic E-state index is 0.108. The number of aromatic nitrogens is 1. The fourth-order valence-electron chi connectivity index (χ4n) is 3.90. The third-order valence-electron chi connectivity index (χ3n) is 4.93. The number of hydrogen-bond acceptors (Lipinski definition) is 5. The molecule has 24 heavy (non-hydrogen) atoms. The predicted octanol–water partition coefficient (Wildman–Crippen LogP) is 3.66. The third-order valence-corrected chi connectivity index (χ3v) is 5.74. The maximum absolute atomic E-state index is 12.1. The number of carbonyl (C=O) groups is 1. The zero-order valence-corrected chi connectivity index (χ0v) is 15.6. The van der Waals surface area contributed by atoms with Gasteiger partial charge in [0.15, 0.2) is 5.13 Å². The van der Waals surface area contributed by atoms with Crippen molar-refractivity contribution in [1.82, 2.24) is 9.88 Å².